The van der Waals surface area contributed by atoms with Crippen molar-refractivity contribution in [3.63, 3.8) is 0 Å². The molecule has 2 unspecified atom stereocenters. The number of carbonyl (C=O) groups excluding carboxylic acids is 3. The molecule has 0 rings (SSSR count). The van der Waals surface area contributed by atoms with Crippen molar-refractivity contribution in [1.29, 1.82) is 0 Å². The van der Waals surface area contributed by atoms with Crippen LogP contribution >= 0.6 is 0 Å². The number of carbonyl (C=O) groups is 3. The summed E-state index contributed by atoms with van der Waals surface area (Å²) in [5, 5.41) is 19.7. The molecule has 0 bridgehead atoms. The third-order valence-corrected chi connectivity index (χ3v) is 2.85. The van der Waals surface area contributed by atoms with Crippen LogP contribution in [0.25, 0.3) is 0 Å². The van der Waals surface area contributed by atoms with Crippen LogP contribution in [0.15, 0.2) is 0 Å². The van der Waals surface area contributed by atoms with E-state index in [0.29, 0.717) is 6.42 Å². The highest BCUT2D eigenvalue weighted by Gasteiger charge is 2.42. The summed E-state index contributed by atoms with van der Waals surface area (Å²) in [5.41, 5.74) is -2.36. The number of hydrogen-bond acceptors (Lipinski definition) is 8. The first-order valence-corrected chi connectivity index (χ1v) is 6.86. The Hall–Kier alpha value is -1.67. The summed E-state index contributed by atoms with van der Waals surface area (Å²) in [4.78, 5) is 34.5. The van der Waals surface area contributed by atoms with Gasteiger partial charge in [-0.1, -0.05) is 13.8 Å². The van der Waals surface area contributed by atoms with Crippen LogP contribution in [0.2, 0.25) is 0 Å². The summed E-state index contributed by atoms with van der Waals surface area (Å²) >= 11 is 0. The van der Waals surface area contributed by atoms with Crippen molar-refractivity contribution >= 4 is 17.9 Å². The van der Waals surface area contributed by atoms with Gasteiger partial charge in [-0.25, -0.2) is 4.79 Å². The average Bonchev–Trinajstić information content (AvgIpc) is 2.43. The Labute approximate surface area is 129 Å². The molecule has 0 amide bonds. The maximum Gasteiger partial charge on any atom is 0.339 e. The number of esters is 3. The normalized spacial score (nSPS) is 14.9. The highest BCUT2D eigenvalue weighted by Crippen LogP contribution is 2.19. The highest BCUT2D eigenvalue weighted by molar-refractivity contribution is 5.89. The molecule has 0 radical (unpaired) electrons. The smallest absolute Gasteiger partial charge is 0.339 e. The fourth-order valence-corrected chi connectivity index (χ4v) is 1.80. The molecule has 0 aliphatic rings. The molecular formula is C14H24O8. The molecule has 2 N–H and O–H groups in total. The Kier molecular flexibility index (Phi) is 8.66. The van der Waals surface area contributed by atoms with E-state index in [1.165, 1.54) is 0 Å². The summed E-state index contributed by atoms with van der Waals surface area (Å²) in [7, 11) is 2.10. The van der Waals surface area contributed by atoms with E-state index in [1.807, 2.05) is 13.8 Å². The SMILES string of the molecule is COC(=O)CC(O)(CC(=O)OCC(O)CC(C)C)C(=O)OC. The summed E-state index contributed by atoms with van der Waals surface area (Å²) in [6.07, 6.45) is -1.91. The molecular weight excluding hydrogens is 296 g/mol. The summed E-state index contributed by atoms with van der Waals surface area (Å²) < 4.78 is 13.6. The van der Waals surface area contributed by atoms with E-state index >= 15 is 0 Å². The molecule has 0 aromatic rings. The first-order chi connectivity index (χ1) is 10.1. The predicted octanol–water partition coefficient (Wildman–Crippen LogP) is -0.206. The quantitative estimate of drug-likeness (QED) is 0.442. The third-order valence-electron chi connectivity index (χ3n) is 2.85. The molecule has 0 heterocycles. The Morgan fingerprint density at radius 3 is 2.05 bits per heavy atom. The predicted molar refractivity (Wildman–Crippen MR) is 74.6 cm³/mol. The number of rotatable bonds is 9. The number of ether oxygens (including phenoxy) is 3. The monoisotopic (exact) mass is 320 g/mol. The number of aliphatic hydroxyl groups is 2. The van der Waals surface area contributed by atoms with Gasteiger partial charge >= 0.3 is 17.9 Å². The Morgan fingerprint density at radius 2 is 1.59 bits per heavy atom. The Morgan fingerprint density at radius 1 is 1.05 bits per heavy atom. The molecule has 0 aromatic heterocycles. The van der Waals surface area contributed by atoms with Gasteiger partial charge in [-0.05, 0) is 12.3 Å². The van der Waals surface area contributed by atoms with Crippen LogP contribution in [0.1, 0.15) is 33.1 Å². The van der Waals surface area contributed by atoms with E-state index in [1.54, 1.807) is 0 Å². The van der Waals surface area contributed by atoms with E-state index in [4.69, 9.17) is 4.74 Å². The van der Waals surface area contributed by atoms with Gasteiger partial charge < -0.3 is 24.4 Å². The number of methoxy groups -OCH3 is 2. The van der Waals surface area contributed by atoms with E-state index in [-0.39, 0.29) is 12.5 Å². The molecule has 0 aliphatic heterocycles. The van der Waals surface area contributed by atoms with E-state index in [9.17, 15) is 24.6 Å². The van der Waals surface area contributed by atoms with E-state index < -0.39 is 42.5 Å². The Bertz CT molecular complexity index is 392. The van der Waals surface area contributed by atoms with Gasteiger partial charge in [0, 0.05) is 0 Å². The summed E-state index contributed by atoms with van der Waals surface area (Å²) in [6, 6.07) is 0. The molecule has 128 valence electrons. The lowest BCUT2D eigenvalue weighted by Gasteiger charge is -2.23. The second-order valence-corrected chi connectivity index (χ2v) is 5.42. The molecule has 0 aliphatic carbocycles. The zero-order valence-corrected chi connectivity index (χ0v) is 13.3. The topological polar surface area (TPSA) is 119 Å². The Balaban J connectivity index is 4.63. The molecule has 0 fully saturated rings. The van der Waals surface area contributed by atoms with Crippen LogP contribution in [0.5, 0.6) is 0 Å². The van der Waals surface area contributed by atoms with Crippen LogP contribution in [0.3, 0.4) is 0 Å². The minimum atomic E-state index is -2.36. The molecule has 0 saturated heterocycles. The minimum Gasteiger partial charge on any atom is -0.469 e. The van der Waals surface area contributed by atoms with Crippen molar-refractivity contribution in [2.75, 3.05) is 20.8 Å². The van der Waals surface area contributed by atoms with Crippen molar-refractivity contribution < 1.29 is 38.8 Å². The second kappa shape index (κ2) is 9.37. The van der Waals surface area contributed by atoms with Crippen molar-refractivity contribution in [3.05, 3.63) is 0 Å². The van der Waals surface area contributed by atoms with Gasteiger partial charge in [0.15, 0.2) is 5.60 Å². The standard InChI is InChI=1S/C14H24O8/c1-9(2)5-10(15)8-22-12(17)7-14(19,13(18)21-4)6-11(16)20-3/h9-10,15,19H,5-8H2,1-4H3. The maximum atomic E-state index is 11.7. The summed E-state index contributed by atoms with van der Waals surface area (Å²) in [6.45, 7) is 3.54. The van der Waals surface area contributed by atoms with Gasteiger partial charge in [-0.2, -0.15) is 0 Å². The van der Waals surface area contributed by atoms with Crippen molar-refractivity contribution in [1.82, 2.24) is 0 Å². The first-order valence-electron chi connectivity index (χ1n) is 6.86. The van der Waals surface area contributed by atoms with Crippen molar-refractivity contribution in [2.45, 2.75) is 44.8 Å². The van der Waals surface area contributed by atoms with Crippen LogP contribution in [0, 0.1) is 5.92 Å². The van der Waals surface area contributed by atoms with Crippen LogP contribution in [-0.2, 0) is 28.6 Å². The molecule has 0 spiro atoms. The zero-order valence-electron chi connectivity index (χ0n) is 13.3. The molecule has 8 nitrogen and oxygen atoms in total. The fourth-order valence-electron chi connectivity index (χ4n) is 1.80. The van der Waals surface area contributed by atoms with Gasteiger partial charge in [0.1, 0.15) is 6.61 Å². The van der Waals surface area contributed by atoms with Gasteiger partial charge in [0.2, 0.25) is 0 Å². The molecule has 8 heteroatoms. The van der Waals surface area contributed by atoms with Crippen molar-refractivity contribution in [2.24, 2.45) is 5.92 Å². The maximum absolute atomic E-state index is 11.7. The average molecular weight is 320 g/mol. The van der Waals surface area contributed by atoms with E-state index in [2.05, 4.69) is 9.47 Å². The lowest BCUT2D eigenvalue weighted by molar-refractivity contribution is -0.175. The van der Waals surface area contributed by atoms with Crippen LogP contribution < -0.4 is 0 Å². The molecule has 0 aromatic carbocycles. The van der Waals surface area contributed by atoms with Gasteiger partial charge in [-0.15, -0.1) is 0 Å². The second-order valence-electron chi connectivity index (χ2n) is 5.42. The van der Waals surface area contributed by atoms with Gasteiger partial charge in [0.25, 0.3) is 0 Å². The lowest BCUT2D eigenvalue weighted by atomic mass is 9.95. The van der Waals surface area contributed by atoms with Crippen LogP contribution in [-0.4, -0.2) is 60.7 Å². The molecule has 0 saturated carbocycles. The minimum absolute atomic E-state index is 0.222. The number of aliphatic hydroxyl groups excluding tert-OH is 1. The highest BCUT2D eigenvalue weighted by atomic mass is 16.6. The molecule has 2 atom stereocenters. The number of hydrogen-bond donors (Lipinski definition) is 2. The van der Waals surface area contributed by atoms with Gasteiger partial charge in [-0.3, -0.25) is 9.59 Å². The fraction of sp³-hybridized carbons (Fsp3) is 0.786. The van der Waals surface area contributed by atoms with Crippen LogP contribution in [0.4, 0.5) is 0 Å². The lowest BCUT2D eigenvalue weighted by Crippen LogP contribution is -2.44. The first kappa shape index (κ1) is 20.3. The van der Waals surface area contributed by atoms with Gasteiger partial charge in [0.05, 0.1) is 33.2 Å². The summed E-state index contributed by atoms with van der Waals surface area (Å²) in [5.74, 6) is -2.72. The van der Waals surface area contributed by atoms with E-state index in [0.717, 1.165) is 14.2 Å². The third kappa shape index (κ3) is 7.37. The zero-order chi connectivity index (χ0) is 17.3. The largest absolute Gasteiger partial charge is 0.469 e. The molecule has 22 heavy (non-hydrogen) atoms. The van der Waals surface area contributed by atoms with Crippen molar-refractivity contribution in [3.8, 4) is 0 Å².